The maximum atomic E-state index is 11.5. The van der Waals surface area contributed by atoms with Crippen LogP contribution < -0.4 is 0 Å². The minimum Gasteiger partial charge on any atom is -0.282 e. The summed E-state index contributed by atoms with van der Waals surface area (Å²) in [6, 6.07) is 31.3. The van der Waals surface area contributed by atoms with Gasteiger partial charge in [-0.15, -0.1) is 0 Å². The number of nitro benzene ring substituents is 1. The standard InChI is InChI=1S/C16H10O3S.C12H8INO2/c17-20(18,19)14-9-7-12-5-4-10-2-1-3-11-6-8-13(14)16(12)15(10)11;13-12-4-2-1-3-11(12)9-5-7-10(8-6-9)14(15)16/h1-9H,(H,17,18,19);1-8H. The minimum absolute atomic E-state index is 0.0387. The molecule has 0 spiro atoms. The third-order valence-corrected chi connectivity index (χ3v) is 7.88. The van der Waals surface area contributed by atoms with Crippen molar-refractivity contribution in [1.82, 2.24) is 0 Å². The first-order valence-electron chi connectivity index (χ1n) is 10.9. The first-order chi connectivity index (χ1) is 17.2. The molecule has 0 aromatic heterocycles. The summed E-state index contributed by atoms with van der Waals surface area (Å²) < 4.78 is 33.6. The van der Waals surface area contributed by atoms with Crippen molar-refractivity contribution >= 4 is 70.7 Å². The second kappa shape index (κ2) is 9.45. The van der Waals surface area contributed by atoms with E-state index in [-0.39, 0.29) is 15.5 Å². The van der Waals surface area contributed by atoms with Crippen LogP contribution in [0.1, 0.15) is 0 Å². The van der Waals surface area contributed by atoms with Gasteiger partial charge in [-0.1, -0.05) is 66.7 Å². The van der Waals surface area contributed by atoms with Crippen molar-refractivity contribution in [2.45, 2.75) is 4.90 Å². The van der Waals surface area contributed by atoms with Crippen molar-refractivity contribution in [3.8, 4) is 11.1 Å². The highest BCUT2D eigenvalue weighted by Crippen LogP contribution is 2.37. The number of hydrogen-bond acceptors (Lipinski definition) is 4. The molecule has 0 saturated carbocycles. The van der Waals surface area contributed by atoms with Crippen LogP contribution in [0, 0.1) is 13.7 Å². The first kappa shape index (κ1) is 24.1. The molecule has 6 aromatic carbocycles. The summed E-state index contributed by atoms with van der Waals surface area (Å²) >= 11 is 2.25. The molecule has 6 rings (SSSR count). The predicted octanol–water partition coefficient (Wildman–Crippen LogP) is 7.70. The zero-order chi connectivity index (χ0) is 25.4. The van der Waals surface area contributed by atoms with Crippen LogP contribution in [0.15, 0.2) is 108 Å². The third kappa shape index (κ3) is 4.50. The molecule has 178 valence electrons. The van der Waals surface area contributed by atoms with E-state index in [1.54, 1.807) is 24.3 Å². The summed E-state index contributed by atoms with van der Waals surface area (Å²) in [6.07, 6.45) is 0. The molecule has 0 fully saturated rings. The molecule has 0 aliphatic heterocycles. The number of non-ortho nitro benzene ring substituents is 1. The maximum absolute atomic E-state index is 11.5. The van der Waals surface area contributed by atoms with Crippen LogP contribution in [-0.4, -0.2) is 17.9 Å². The zero-order valence-corrected chi connectivity index (χ0v) is 21.6. The van der Waals surface area contributed by atoms with E-state index in [4.69, 9.17) is 0 Å². The highest BCUT2D eigenvalue weighted by atomic mass is 127. The van der Waals surface area contributed by atoms with Crippen molar-refractivity contribution in [2.24, 2.45) is 0 Å². The summed E-state index contributed by atoms with van der Waals surface area (Å²) in [7, 11) is -4.23. The maximum Gasteiger partial charge on any atom is 0.295 e. The average molecular weight is 607 g/mol. The van der Waals surface area contributed by atoms with Gasteiger partial charge in [0.2, 0.25) is 0 Å². The van der Waals surface area contributed by atoms with E-state index in [0.29, 0.717) is 5.39 Å². The van der Waals surface area contributed by atoms with Gasteiger partial charge in [-0.3, -0.25) is 14.7 Å². The van der Waals surface area contributed by atoms with Crippen LogP contribution in [0.4, 0.5) is 5.69 Å². The number of nitrogens with zero attached hydrogens (tertiary/aromatic N) is 1. The molecule has 8 heteroatoms. The quantitative estimate of drug-likeness (QED) is 0.0731. The number of benzene rings is 6. The Labute approximate surface area is 220 Å². The summed E-state index contributed by atoms with van der Waals surface area (Å²) in [5.74, 6) is 0. The molecule has 0 saturated heterocycles. The molecule has 0 aliphatic carbocycles. The van der Waals surface area contributed by atoms with Gasteiger partial charge >= 0.3 is 0 Å². The van der Waals surface area contributed by atoms with Gasteiger partial charge in [0.05, 0.1) is 4.92 Å². The van der Waals surface area contributed by atoms with Gasteiger partial charge < -0.3 is 0 Å². The zero-order valence-electron chi connectivity index (χ0n) is 18.6. The summed E-state index contributed by atoms with van der Waals surface area (Å²) in [4.78, 5) is 10.1. The van der Waals surface area contributed by atoms with E-state index >= 15 is 0 Å². The summed E-state index contributed by atoms with van der Waals surface area (Å²) in [5.41, 5.74) is 2.21. The predicted molar refractivity (Wildman–Crippen MR) is 151 cm³/mol. The van der Waals surface area contributed by atoms with Crippen LogP contribution in [0.2, 0.25) is 0 Å². The smallest absolute Gasteiger partial charge is 0.282 e. The second-order valence-corrected chi connectivity index (χ2v) is 10.7. The fourth-order valence-corrected chi connectivity index (χ4v) is 5.78. The Morgan fingerprint density at radius 3 is 1.89 bits per heavy atom. The fourth-order valence-electron chi connectivity index (χ4n) is 4.39. The van der Waals surface area contributed by atoms with Gasteiger partial charge in [-0.2, -0.15) is 8.42 Å². The molecule has 0 radical (unpaired) electrons. The Bertz CT molecular complexity index is 1830. The van der Waals surface area contributed by atoms with Crippen molar-refractivity contribution in [2.75, 3.05) is 0 Å². The molecule has 6 aromatic rings. The van der Waals surface area contributed by atoms with Crippen LogP contribution in [0.25, 0.3) is 43.4 Å². The molecule has 0 amide bonds. The lowest BCUT2D eigenvalue weighted by atomic mass is 9.94. The Morgan fingerprint density at radius 2 is 1.28 bits per heavy atom. The van der Waals surface area contributed by atoms with Crippen LogP contribution in [0.5, 0.6) is 0 Å². The highest BCUT2D eigenvalue weighted by molar-refractivity contribution is 14.1. The lowest BCUT2D eigenvalue weighted by molar-refractivity contribution is -0.384. The summed E-state index contributed by atoms with van der Waals surface area (Å²) in [6.45, 7) is 0. The topological polar surface area (TPSA) is 97.5 Å². The minimum atomic E-state index is -4.23. The summed E-state index contributed by atoms with van der Waals surface area (Å²) in [5, 5.41) is 16.1. The van der Waals surface area contributed by atoms with E-state index in [9.17, 15) is 23.1 Å². The van der Waals surface area contributed by atoms with Crippen LogP contribution >= 0.6 is 22.6 Å². The Kier molecular flexibility index (Phi) is 6.33. The molecule has 0 unspecified atom stereocenters. The van der Waals surface area contributed by atoms with E-state index in [1.807, 2.05) is 60.7 Å². The number of halogens is 1. The number of hydrogen-bond donors (Lipinski definition) is 1. The second-order valence-electron chi connectivity index (χ2n) is 8.18. The van der Waals surface area contributed by atoms with Gasteiger partial charge in [0.25, 0.3) is 15.8 Å². The first-order valence-corrected chi connectivity index (χ1v) is 13.4. The van der Waals surface area contributed by atoms with Gasteiger partial charge in [-0.05, 0) is 84.9 Å². The lowest BCUT2D eigenvalue weighted by Gasteiger charge is -2.12. The average Bonchev–Trinajstić information content (AvgIpc) is 2.87. The largest absolute Gasteiger partial charge is 0.295 e. The van der Waals surface area contributed by atoms with Crippen molar-refractivity contribution in [3.05, 3.63) is 117 Å². The molecule has 36 heavy (non-hydrogen) atoms. The van der Waals surface area contributed by atoms with E-state index in [0.717, 1.165) is 41.6 Å². The van der Waals surface area contributed by atoms with Crippen molar-refractivity contribution in [1.29, 1.82) is 0 Å². The van der Waals surface area contributed by atoms with E-state index in [2.05, 4.69) is 22.6 Å². The third-order valence-electron chi connectivity index (χ3n) is 6.03. The van der Waals surface area contributed by atoms with E-state index < -0.39 is 10.1 Å². The Hall–Kier alpha value is -3.60. The van der Waals surface area contributed by atoms with Crippen LogP contribution in [-0.2, 0) is 10.1 Å². The highest BCUT2D eigenvalue weighted by Gasteiger charge is 2.17. The normalized spacial score (nSPS) is 11.5. The molecular formula is C28H18INO5S. The molecule has 0 aliphatic rings. The molecular weight excluding hydrogens is 589 g/mol. The Morgan fingerprint density at radius 1 is 0.694 bits per heavy atom. The van der Waals surface area contributed by atoms with E-state index in [1.165, 1.54) is 18.2 Å². The van der Waals surface area contributed by atoms with Crippen LogP contribution in [0.3, 0.4) is 0 Å². The molecule has 0 bridgehead atoms. The van der Waals surface area contributed by atoms with Gasteiger partial charge in [-0.25, -0.2) is 0 Å². The molecule has 0 atom stereocenters. The molecule has 1 N–H and O–H groups in total. The number of rotatable bonds is 3. The van der Waals surface area contributed by atoms with Gasteiger partial charge in [0.1, 0.15) is 4.90 Å². The van der Waals surface area contributed by atoms with Crippen molar-refractivity contribution in [3.63, 3.8) is 0 Å². The number of nitro groups is 1. The Balaban J connectivity index is 0.000000152. The molecule has 6 nitrogen and oxygen atoms in total. The lowest BCUT2D eigenvalue weighted by Crippen LogP contribution is -1.99. The van der Waals surface area contributed by atoms with Crippen molar-refractivity contribution < 1.29 is 17.9 Å². The fraction of sp³-hybridized carbons (Fsp3) is 0. The molecule has 0 heterocycles. The SMILES string of the molecule is O=S(=O)(O)c1ccc2ccc3cccc4ccc1c2c34.O=[N+]([O-])c1ccc(-c2ccccc2I)cc1. The van der Waals surface area contributed by atoms with Gasteiger partial charge in [0, 0.05) is 21.1 Å². The monoisotopic (exact) mass is 607 g/mol. The van der Waals surface area contributed by atoms with Gasteiger partial charge in [0.15, 0.2) is 0 Å².